The molecular weight excluding hydrogens is 372 g/mol. The van der Waals surface area contributed by atoms with Crippen LogP contribution in [0.2, 0.25) is 0 Å². The van der Waals surface area contributed by atoms with Crippen LogP contribution in [0.15, 0.2) is 84.9 Å². The van der Waals surface area contributed by atoms with Crippen LogP contribution in [0.25, 0.3) is 33.5 Å². The summed E-state index contributed by atoms with van der Waals surface area (Å²) in [6.45, 7) is 0. The Morgan fingerprint density at radius 1 is 0.833 bits per heavy atom. The minimum Gasteiger partial charge on any atom is -0.326 e. The number of carbonyl (C=O) groups is 1. The van der Waals surface area contributed by atoms with Crippen molar-refractivity contribution in [2.24, 2.45) is 7.05 Å². The number of para-hydroxylation sites is 3. The number of pyridine rings is 1. The zero-order valence-corrected chi connectivity index (χ0v) is 16.8. The van der Waals surface area contributed by atoms with Crippen LogP contribution in [-0.2, 0) is 7.05 Å². The van der Waals surface area contributed by atoms with E-state index in [9.17, 15) is 4.79 Å². The first kappa shape index (κ1) is 18.1. The van der Waals surface area contributed by atoms with Crippen molar-refractivity contribution in [1.29, 1.82) is 0 Å². The Balaban J connectivity index is 1.64. The van der Waals surface area contributed by atoms with Gasteiger partial charge in [-0.2, -0.15) is 0 Å². The predicted molar refractivity (Wildman–Crippen MR) is 121 cm³/mol. The van der Waals surface area contributed by atoms with Gasteiger partial charge < -0.3 is 9.47 Å². The van der Waals surface area contributed by atoms with Crippen LogP contribution < -0.4 is 4.90 Å². The third-order valence-corrected chi connectivity index (χ3v) is 5.40. The van der Waals surface area contributed by atoms with Crippen LogP contribution in [0, 0.1) is 0 Å². The summed E-state index contributed by atoms with van der Waals surface area (Å²) in [7, 11) is 3.78. The Bertz CT molecular complexity index is 1390. The van der Waals surface area contributed by atoms with E-state index >= 15 is 0 Å². The van der Waals surface area contributed by atoms with E-state index in [0.717, 1.165) is 39.1 Å². The third-order valence-electron chi connectivity index (χ3n) is 5.40. The number of hydrogen-bond acceptors (Lipinski definition) is 3. The maximum Gasteiger partial charge on any atom is 0.258 e. The lowest BCUT2D eigenvalue weighted by Gasteiger charge is -2.19. The number of amides is 1. The molecule has 0 spiro atoms. The second-order valence-corrected chi connectivity index (χ2v) is 7.26. The van der Waals surface area contributed by atoms with Crippen LogP contribution in [0.1, 0.15) is 10.4 Å². The molecule has 146 valence electrons. The lowest BCUT2D eigenvalue weighted by atomic mass is 10.1. The second kappa shape index (κ2) is 7.12. The number of benzene rings is 3. The normalized spacial score (nSPS) is 11.1. The van der Waals surface area contributed by atoms with Crippen molar-refractivity contribution in [3.63, 3.8) is 0 Å². The molecule has 2 heterocycles. The summed E-state index contributed by atoms with van der Waals surface area (Å²) in [5.74, 6) is 0.725. The molecular formula is C25H20N4O. The zero-order valence-electron chi connectivity index (χ0n) is 16.8. The Hall–Kier alpha value is -3.99. The Kier molecular flexibility index (Phi) is 4.29. The number of fused-ring (bicyclic) bond motifs is 2. The molecule has 0 unspecified atom stereocenters. The first-order valence-electron chi connectivity index (χ1n) is 9.78. The predicted octanol–water partition coefficient (Wildman–Crippen LogP) is 5.07. The van der Waals surface area contributed by atoms with Crippen LogP contribution in [-0.4, -0.2) is 27.5 Å². The highest BCUT2D eigenvalue weighted by molar-refractivity contribution is 6.09. The average molecular weight is 392 g/mol. The van der Waals surface area contributed by atoms with E-state index in [1.54, 1.807) is 11.9 Å². The molecule has 3 aromatic carbocycles. The molecule has 0 atom stereocenters. The molecule has 0 N–H and O–H groups in total. The van der Waals surface area contributed by atoms with Gasteiger partial charge in [0.15, 0.2) is 5.82 Å². The van der Waals surface area contributed by atoms with Crippen LogP contribution >= 0.6 is 0 Å². The van der Waals surface area contributed by atoms with Crippen LogP contribution in [0.5, 0.6) is 0 Å². The summed E-state index contributed by atoms with van der Waals surface area (Å²) >= 11 is 0. The summed E-state index contributed by atoms with van der Waals surface area (Å²) in [6, 6.07) is 27.2. The number of hydrogen-bond donors (Lipinski definition) is 0. The first-order valence-corrected chi connectivity index (χ1v) is 9.78. The number of carbonyl (C=O) groups excluding carboxylic acids is 1. The molecule has 5 rings (SSSR count). The lowest BCUT2D eigenvalue weighted by Crippen LogP contribution is -2.26. The Morgan fingerprint density at radius 3 is 2.40 bits per heavy atom. The van der Waals surface area contributed by atoms with Gasteiger partial charge in [-0.15, -0.1) is 0 Å². The van der Waals surface area contributed by atoms with Gasteiger partial charge in [-0.05, 0) is 36.4 Å². The van der Waals surface area contributed by atoms with Gasteiger partial charge in [0, 0.05) is 25.0 Å². The van der Waals surface area contributed by atoms with Crippen molar-refractivity contribution in [3.8, 4) is 11.5 Å². The zero-order chi connectivity index (χ0) is 20.7. The smallest absolute Gasteiger partial charge is 0.258 e. The number of imidazole rings is 1. The van der Waals surface area contributed by atoms with E-state index in [-0.39, 0.29) is 5.91 Å². The minimum atomic E-state index is -0.0713. The molecule has 0 radical (unpaired) electrons. The quantitative estimate of drug-likeness (QED) is 0.431. The van der Waals surface area contributed by atoms with E-state index in [1.165, 1.54) is 0 Å². The summed E-state index contributed by atoms with van der Waals surface area (Å²) < 4.78 is 2.05. The fourth-order valence-electron chi connectivity index (χ4n) is 3.79. The molecule has 0 aliphatic rings. The second-order valence-electron chi connectivity index (χ2n) is 7.26. The van der Waals surface area contributed by atoms with Crippen molar-refractivity contribution < 1.29 is 4.79 Å². The van der Waals surface area contributed by atoms with E-state index in [1.807, 2.05) is 96.5 Å². The van der Waals surface area contributed by atoms with Crippen molar-refractivity contribution in [2.75, 3.05) is 11.9 Å². The monoisotopic (exact) mass is 392 g/mol. The van der Waals surface area contributed by atoms with Crippen molar-refractivity contribution in [2.45, 2.75) is 0 Å². The highest BCUT2D eigenvalue weighted by Crippen LogP contribution is 2.29. The fraction of sp³-hybridized carbons (Fsp3) is 0.0800. The van der Waals surface area contributed by atoms with E-state index in [0.29, 0.717) is 5.56 Å². The number of rotatable bonds is 3. The molecule has 0 aliphatic carbocycles. The van der Waals surface area contributed by atoms with E-state index < -0.39 is 0 Å². The summed E-state index contributed by atoms with van der Waals surface area (Å²) in [6.07, 6.45) is 0. The van der Waals surface area contributed by atoms with Crippen LogP contribution in [0.3, 0.4) is 0 Å². The largest absolute Gasteiger partial charge is 0.326 e. The molecule has 2 aromatic heterocycles. The Morgan fingerprint density at radius 2 is 1.60 bits per heavy atom. The van der Waals surface area contributed by atoms with Gasteiger partial charge >= 0.3 is 0 Å². The molecule has 5 nitrogen and oxygen atoms in total. The molecule has 5 heteroatoms. The third kappa shape index (κ3) is 2.92. The van der Waals surface area contributed by atoms with E-state index in [4.69, 9.17) is 9.97 Å². The van der Waals surface area contributed by atoms with Gasteiger partial charge in [0.05, 0.1) is 22.2 Å². The summed E-state index contributed by atoms with van der Waals surface area (Å²) in [5, 5.41) is 0.975. The number of aromatic nitrogens is 3. The van der Waals surface area contributed by atoms with Crippen molar-refractivity contribution >= 4 is 33.5 Å². The first-order chi connectivity index (χ1) is 14.6. The molecule has 0 bridgehead atoms. The SMILES string of the molecule is CN(C(=O)c1ccccc1)c1cccc2ccc(-c3nc4ccccc4n3C)nc12. The number of nitrogens with zero attached hydrogens (tertiary/aromatic N) is 4. The summed E-state index contributed by atoms with van der Waals surface area (Å²) in [5.41, 5.74) is 4.94. The van der Waals surface area contributed by atoms with Crippen molar-refractivity contribution in [1.82, 2.24) is 14.5 Å². The maximum atomic E-state index is 13.0. The van der Waals surface area contributed by atoms with Gasteiger partial charge in [0.25, 0.3) is 5.91 Å². The maximum absolute atomic E-state index is 13.0. The number of anilines is 1. The number of aryl methyl sites for hydroxylation is 1. The Labute approximate surface area is 174 Å². The highest BCUT2D eigenvalue weighted by Gasteiger charge is 2.18. The van der Waals surface area contributed by atoms with Gasteiger partial charge in [-0.25, -0.2) is 9.97 Å². The molecule has 1 amide bonds. The topological polar surface area (TPSA) is 51.0 Å². The lowest BCUT2D eigenvalue weighted by molar-refractivity contribution is 0.0993. The molecule has 0 saturated heterocycles. The van der Waals surface area contributed by atoms with Crippen molar-refractivity contribution in [3.05, 3.63) is 90.5 Å². The average Bonchev–Trinajstić information content (AvgIpc) is 3.14. The molecule has 0 aliphatic heterocycles. The molecule has 0 fully saturated rings. The van der Waals surface area contributed by atoms with Gasteiger partial charge in [-0.3, -0.25) is 4.79 Å². The minimum absolute atomic E-state index is 0.0713. The van der Waals surface area contributed by atoms with Gasteiger partial charge in [0.1, 0.15) is 5.69 Å². The molecule has 5 aromatic rings. The van der Waals surface area contributed by atoms with Crippen LogP contribution in [0.4, 0.5) is 5.69 Å². The molecule has 0 saturated carbocycles. The van der Waals surface area contributed by atoms with E-state index in [2.05, 4.69) is 0 Å². The standard InChI is InChI=1S/C25H20N4O/c1-28-21-13-7-6-12-19(21)27-24(28)20-16-15-17-11-8-14-22(23(17)26-20)29(2)25(30)18-9-4-3-5-10-18/h3-16H,1-2H3. The van der Waals surface area contributed by atoms with Gasteiger partial charge in [-0.1, -0.05) is 48.5 Å². The molecule has 30 heavy (non-hydrogen) atoms. The fourth-order valence-corrected chi connectivity index (χ4v) is 3.79. The van der Waals surface area contributed by atoms with Gasteiger partial charge in [0.2, 0.25) is 0 Å². The summed E-state index contributed by atoms with van der Waals surface area (Å²) in [4.78, 5) is 24.3. The highest BCUT2D eigenvalue weighted by atomic mass is 16.2.